The van der Waals surface area contributed by atoms with E-state index in [2.05, 4.69) is 4.98 Å². The third kappa shape index (κ3) is 1.82. The molecule has 0 bridgehead atoms. The number of ketones is 1. The topological polar surface area (TPSA) is 43.1 Å². The number of carbonyl (C=O) groups is 1. The van der Waals surface area contributed by atoms with Gasteiger partial charge in [-0.25, -0.2) is 0 Å². The molecule has 100 valence electrons. The molecule has 0 amide bonds. The molecule has 0 atom stereocenters. The molecule has 2 aromatic heterocycles. The first-order chi connectivity index (χ1) is 10.3. The number of para-hydroxylation sites is 1. The molecule has 0 unspecified atom stereocenters. The van der Waals surface area contributed by atoms with Crippen molar-refractivity contribution in [3.05, 3.63) is 78.3 Å². The van der Waals surface area contributed by atoms with E-state index in [1.165, 1.54) is 6.26 Å². The van der Waals surface area contributed by atoms with Gasteiger partial charge in [-0.1, -0.05) is 36.4 Å². The van der Waals surface area contributed by atoms with E-state index in [1.807, 2.05) is 48.5 Å². The molecule has 2 heterocycles. The van der Waals surface area contributed by atoms with Gasteiger partial charge in [0.05, 0.1) is 5.56 Å². The lowest BCUT2D eigenvalue weighted by molar-refractivity contribution is 0.104. The van der Waals surface area contributed by atoms with Gasteiger partial charge in [0.1, 0.15) is 11.8 Å². The highest BCUT2D eigenvalue weighted by molar-refractivity contribution is 6.20. The van der Waals surface area contributed by atoms with Crippen LogP contribution in [-0.4, -0.2) is 10.8 Å². The lowest BCUT2D eigenvalue weighted by atomic mass is 9.98. The second-order valence-corrected chi connectivity index (χ2v) is 4.88. The fourth-order valence-electron chi connectivity index (χ4n) is 2.61. The average Bonchev–Trinajstić information content (AvgIpc) is 2.98. The van der Waals surface area contributed by atoms with Gasteiger partial charge in [-0.3, -0.25) is 9.78 Å². The van der Waals surface area contributed by atoms with Crippen LogP contribution in [-0.2, 0) is 0 Å². The molecule has 0 saturated carbocycles. The summed E-state index contributed by atoms with van der Waals surface area (Å²) in [6.45, 7) is 0. The van der Waals surface area contributed by atoms with Crippen LogP contribution in [0.25, 0.3) is 21.7 Å². The lowest BCUT2D eigenvalue weighted by Gasteiger charge is -2.04. The van der Waals surface area contributed by atoms with Crippen molar-refractivity contribution in [2.75, 3.05) is 0 Å². The summed E-state index contributed by atoms with van der Waals surface area (Å²) >= 11 is 0. The van der Waals surface area contributed by atoms with Crippen LogP contribution in [0.1, 0.15) is 15.9 Å². The van der Waals surface area contributed by atoms with Gasteiger partial charge >= 0.3 is 0 Å². The Bertz CT molecular complexity index is 964. The summed E-state index contributed by atoms with van der Waals surface area (Å²) in [5.41, 5.74) is 1.95. The van der Waals surface area contributed by atoms with Crippen LogP contribution in [0.15, 0.2) is 71.6 Å². The van der Waals surface area contributed by atoms with E-state index in [1.54, 1.807) is 12.4 Å². The minimum absolute atomic E-state index is 0.0430. The van der Waals surface area contributed by atoms with Gasteiger partial charge in [0.25, 0.3) is 0 Å². The molecule has 0 N–H and O–H groups in total. The molecule has 0 radical (unpaired) electrons. The number of rotatable bonds is 2. The van der Waals surface area contributed by atoms with Gasteiger partial charge < -0.3 is 4.42 Å². The van der Waals surface area contributed by atoms with Gasteiger partial charge in [0, 0.05) is 28.7 Å². The highest BCUT2D eigenvalue weighted by Gasteiger charge is 2.17. The Balaban J connectivity index is 1.95. The third-order valence-electron chi connectivity index (χ3n) is 3.65. The first-order valence-corrected chi connectivity index (χ1v) is 6.68. The predicted octanol–water partition coefficient (Wildman–Crippen LogP) is 4.21. The number of nitrogens with zero attached hydrogens (tertiary/aromatic N) is 1. The summed E-state index contributed by atoms with van der Waals surface area (Å²) in [5.74, 6) is -0.0430. The van der Waals surface area contributed by atoms with Crippen LogP contribution >= 0.6 is 0 Å². The average molecular weight is 273 g/mol. The molecule has 0 spiro atoms. The van der Waals surface area contributed by atoms with E-state index >= 15 is 0 Å². The number of furan rings is 1. The summed E-state index contributed by atoms with van der Waals surface area (Å²) in [4.78, 5) is 17.0. The first-order valence-electron chi connectivity index (χ1n) is 6.68. The molecule has 3 nitrogen and oxygen atoms in total. The van der Waals surface area contributed by atoms with Gasteiger partial charge in [0.15, 0.2) is 5.78 Å². The molecule has 0 aliphatic carbocycles. The van der Waals surface area contributed by atoms with Crippen molar-refractivity contribution < 1.29 is 9.21 Å². The molecule has 21 heavy (non-hydrogen) atoms. The van der Waals surface area contributed by atoms with E-state index in [4.69, 9.17) is 4.42 Å². The first kappa shape index (κ1) is 11.9. The summed E-state index contributed by atoms with van der Waals surface area (Å²) in [6, 6.07) is 15.1. The summed E-state index contributed by atoms with van der Waals surface area (Å²) in [5, 5.41) is 2.70. The number of benzene rings is 2. The van der Waals surface area contributed by atoms with Crippen molar-refractivity contribution in [2.45, 2.75) is 0 Å². The zero-order valence-corrected chi connectivity index (χ0v) is 11.1. The molecule has 3 heteroatoms. The zero-order valence-electron chi connectivity index (χ0n) is 11.1. The normalized spacial score (nSPS) is 11.0. The quantitative estimate of drug-likeness (QED) is 0.514. The van der Waals surface area contributed by atoms with Gasteiger partial charge in [-0.05, 0) is 17.5 Å². The van der Waals surface area contributed by atoms with Crippen molar-refractivity contribution in [2.24, 2.45) is 0 Å². The third-order valence-corrected chi connectivity index (χ3v) is 3.65. The maximum atomic E-state index is 12.8. The summed E-state index contributed by atoms with van der Waals surface area (Å²) < 4.78 is 5.47. The van der Waals surface area contributed by atoms with E-state index in [0.29, 0.717) is 11.1 Å². The summed E-state index contributed by atoms with van der Waals surface area (Å²) in [6.07, 6.45) is 4.98. The highest BCUT2D eigenvalue weighted by atomic mass is 16.3. The molecular weight excluding hydrogens is 262 g/mol. The Morgan fingerprint density at radius 2 is 1.81 bits per heavy atom. The standard InChI is InChI=1S/C18H11NO2/c20-18(16-11-21-17-7-2-1-5-13(16)17)14-6-3-4-12-8-9-19-10-15(12)14/h1-11H. The largest absolute Gasteiger partial charge is 0.464 e. The summed E-state index contributed by atoms with van der Waals surface area (Å²) in [7, 11) is 0. The van der Waals surface area contributed by atoms with Gasteiger partial charge in [-0.15, -0.1) is 0 Å². The van der Waals surface area contributed by atoms with Crippen LogP contribution in [0, 0.1) is 0 Å². The monoisotopic (exact) mass is 273 g/mol. The fourth-order valence-corrected chi connectivity index (χ4v) is 2.61. The van der Waals surface area contributed by atoms with Crippen LogP contribution in [0.3, 0.4) is 0 Å². The molecule has 0 saturated heterocycles. The minimum Gasteiger partial charge on any atom is -0.464 e. The number of pyridine rings is 1. The van der Waals surface area contributed by atoms with E-state index in [-0.39, 0.29) is 5.78 Å². The number of hydrogen-bond acceptors (Lipinski definition) is 3. The smallest absolute Gasteiger partial charge is 0.197 e. The lowest BCUT2D eigenvalue weighted by Crippen LogP contribution is -2.01. The molecule has 4 rings (SSSR count). The Kier molecular flexibility index (Phi) is 2.57. The maximum Gasteiger partial charge on any atom is 0.197 e. The van der Waals surface area contributed by atoms with Crippen molar-refractivity contribution in [3.8, 4) is 0 Å². The number of fused-ring (bicyclic) bond motifs is 2. The Hall–Kier alpha value is -2.94. The van der Waals surface area contributed by atoms with Crippen LogP contribution < -0.4 is 0 Å². The predicted molar refractivity (Wildman–Crippen MR) is 81.4 cm³/mol. The molecule has 0 aliphatic heterocycles. The van der Waals surface area contributed by atoms with Crippen molar-refractivity contribution in [1.82, 2.24) is 4.98 Å². The van der Waals surface area contributed by atoms with Crippen molar-refractivity contribution in [3.63, 3.8) is 0 Å². The fraction of sp³-hybridized carbons (Fsp3) is 0. The Morgan fingerprint density at radius 1 is 0.905 bits per heavy atom. The minimum atomic E-state index is -0.0430. The number of aromatic nitrogens is 1. The maximum absolute atomic E-state index is 12.8. The molecule has 0 fully saturated rings. The second-order valence-electron chi connectivity index (χ2n) is 4.88. The van der Waals surface area contributed by atoms with Crippen LogP contribution in [0.4, 0.5) is 0 Å². The molecule has 2 aromatic carbocycles. The molecule has 0 aliphatic rings. The van der Waals surface area contributed by atoms with Gasteiger partial charge in [0.2, 0.25) is 0 Å². The van der Waals surface area contributed by atoms with Crippen molar-refractivity contribution >= 4 is 27.5 Å². The number of hydrogen-bond donors (Lipinski definition) is 0. The van der Waals surface area contributed by atoms with Crippen molar-refractivity contribution in [1.29, 1.82) is 0 Å². The highest BCUT2D eigenvalue weighted by Crippen LogP contribution is 2.26. The molecular formula is C18H11NO2. The van der Waals surface area contributed by atoms with E-state index in [9.17, 15) is 4.79 Å². The van der Waals surface area contributed by atoms with E-state index < -0.39 is 0 Å². The van der Waals surface area contributed by atoms with Crippen LogP contribution in [0.5, 0.6) is 0 Å². The van der Waals surface area contributed by atoms with Crippen LogP contribution in [0.2, 0.25) is 0 Å². The van der Waals surface area contributed by atoms with Gasteiger partial charge in [-0.2, -0.15) is 0 Å². The molecule has 4 aromatic rings. The Labute approximate surface area is 120 Å². The number of carbonyl (C=O) groups excluding carboxylic acids is 1. The second kappa shape index (κ2) is 4.56. The Morgan fingerprint density at radius 3 is 2.76 bits per heavy atom. The van der Waals surface area contributed by atoms with E-state index in [0.717, 1.165) is 21.7 Å². The zero-order chi connectivity index (χ0) is 14.2. The SMILES string of the molecule is O=C(c1cccc2ccncc12)c1coc2ccccc12.